The van der Waals surface area contributed by atoms with Gasteiger partial charge in [-0.1, -0.05) is 17.7 Å². The zero-order valence-corrected chi connectivity index (χ0v) is 11.8. The van der Waals surface area contributed by atoms with E-state index in [0.29, 0.717) is 23.6 Å². The molecule has 0 aromatic heterocycles. The van der Waals surface area contributed by atoms with E-state index < -0.39 is 11.8 Å². The summed E-state index contributed by atoms with van der Waals surface area (Å²) in [7, 11) is 0. The largest absolute Gasteiger partial charge is 0.453 e. The van der Waals surface area contributed by atoms with E-state index in [1.165, 1.54) is 0 Å². The number of hydrogen-bond donors (Lipinski definition) is 0. The molecule has 104 valence electrons. The predicted molar refractivity (Wildman–Crippen MR) is 72.2 cm³/mol. The molecule has 0 heterocycles. The molecule has 0 bridgehead atoms. The summed E-state index contributed by atoms with van der Waals surface area (Å²) >= 11 is 5.84. The van der Waals surface area contributed by atoms with Crippen LogP contribution in [0.15, 0.2) is 24.3 Å². The molecule has 0 aliphatic carbocycles. The lowest BCUT2D eigenvalue weighted by atomic mass is 10.2. The SMILES string of the molecule is CC(C)(OC(=O)CCCC=O)Oc1cccc(Cl)c1. The monoisotopic (exact) mass is 284 g/mol. The quantitative estimate of drug-likeness (QED) is 0.333. The Hall–Kier alpha value is -1.55. The van der Waals surface area contributed by atoms with Gasteiger partial charge >= 0.3 is 5.97 Å². The Morgan fingerprint density at radius 3 is 2.79 bits per heavy atom. The highest BCUT2D eigenvalue weighted by atomic mass is 35.5. The van der Waals surface area contributed by atoms with Gasteiger partial charge in [-0.25, -0.2) is 0 Å². The molecule has 1 rings (SSSR count). The van der Waals surface area contributed by atoms with Crippen LogP contribution in [0.3, 0.4) is 0 Å². The van der Waals surface area contributed by atoms with Crippen LogP contribution in [0.25, 0.3) is 0 Å². The summed E-state index contributed by atoms with van der Waals surface area (Å²) in [4.78, 5) is 21.7. The van der Waals surface area contributed by atoms with Crippen molar-refractivity contribution in [3.63, 3.8) is 0 Å². The van der Waals surface area contributed by atoms with E-state index in [0.717, 1.165) is 6.29 Å². The molecule has 0 atom stereocenters. The lowest BCUT2D eigenvalue weighted by molar-refractivity contribution is -0.186. The highest BCUT2D eigenvalue weighted by Crippen LogP contribution is 2.23. The highest BCUT2D eigenvalue weighted by molar-refractivity contribution is 6.30. The average molecular weight is 285 g/mol. The fraction of sp³-hybridized carbons (Fsp3) is 0.429. The number of halogens is 1. The van der Waals surface area contributed by atoms with Crippen LogP contribution < -0.4 is 4.74 Å². The molecule has 0 radical (unpaired) electrons. The van der Waals surface area contributed by atoms with Crippen molar-refractivity contribution in [2.45, 2.75) is 38.9 Å². The van der Waals surface area contributed by atoms with E-state index in [1.807, 2.05) is 0 Å². The first-order chi connectivity index (χ1) is 8.93. The Bertz CT molecular complexity index is 443. The smallest absolute Gasteiger partial charge is 0.309 e. The molecule has 0 amide bonds. The molecule has 1 aromatic carbocycles. The average Bonchev–Trinajstić information content (AvgIpc) is 2.27. The number of carbonyl (C=O) groups excluding carboxylic acids is 2. The van der Waals surface area contributed by atoms with Gasteiger partial charge < -0.3 is 14.3 Å². The van der Waals surface area contributed by atoms with Crippen molar-refractivity contribution in [2.24, 2.45) is 0 Å². The first-order valence-corrected chi connectivity index (χ1v) is 6.41. The van der Waals surface area contributed by atoms with Crippen LogP contribution in [0.2, 0.25) is 5.02 Å². The zero-order chi connectivity index (χ0) is 14.3. The zero-order valence-electron chi connectivity index (χ0n) is 11.0. The molecule has 1 aromatic rings. The van der Waals surface area contributed by atoms with Crippen LogP contribution in [-0.4, -0.2) is 18.0 Å². The van der Waals surface area contributed by atoms with E-state index >= 15 is 0 Å². The minimum absolute atomic E-state index is 0.196. The number of unbranched alkanes of at least 4 members (excludes halogenated alkanes) is 1. The number of carbonyl (C=O) groups is 2. The van der Waals surface area contributed by atoms with Crippen LogP contribution in [0.5, 0.6) is 5.75 Å². The van der Waals surface area contributed by atoms with E-state index in [-0.39, 0.29) is 6.42 Å². The molecule has 0 saturated heterocycles. The van der Waals surface area contributed by atoms with Crippen LogP contribution in [-0.2, 0) is 14.3 Å². The van der Waals surface area contributed by atoms with Gasteiger partial charge in [0.05, 0.1) is 0 Å². The maximum atomic E-state index is 11.5. The van der Waals surface area contributed by atoms with Gasteiger partial charge in [0, 0.05) is 31.7 Å². The highest BCUT2D eigenvalue weighted by Gasteiger charge is 2.24. The van der Waals surface area contributed by atoms with Crippen molar-refractivity contribution < 1.29 is 19.1 Å². The Kier molecular flexibility index (Phi) is 5.83. The van der Waals surface area contributed by atoms with Gasteiger partial charge in [-0.3, -0.25) is 4.79 Å². The maximum absolute atomic E-state index is 11.5. The Labute approximate surface area is 117 Å². The van der Waals surface area contributed by atoms with Gasteiger partial charge in [0.15, 0.2) is 0 Å². The number of hydrogen-bond acceptors (Lipinski definition) is 4. The molecule has 0 fully saturated rings. The first kappa shape index (κ1) is 15.5. The van der Waals surface area contributed by atoms with Gasteiger partial charge in [-0.2, -0.15) is 0 Å². The standard InChI is InChI=1S/C14H17ClO4/c1-14(2,19-13(17)8-3-4-9-16)18-12-7-5-6-11(15)10-12/h5-7,9-10H,3-4,8H2,1-2H3. The number of esters is 1. The third-order valence-electron chi connectivity index (χ3n) is 2.22. The Morgan fingerprint density at radius 1 is 1.42 bits per heavy atom. The number of ether oxygens (including phenoxy) is 2. The van der Waals surface area contributed by atoms with Crippen LogP contribution in [0.4, 0.5) is 0 Å². The van der Waals surface area contributed by atoms with Crippen LogP contribution >= 0.6 is 11.6 Å². The van der Waals surface area contributed by atoms with Crippen molar-refractivity contribution in [1.82, 2.24) is 0 Å². The molecule has 4 nitrogen and oxygen atoms in total. The summed E-state index contributed by atoms with van der Waals surface area (Å²) in [6.45, 7) is 3.29. The van der Waals surface area contributed by atoms with E-state index in [1.54, 1.807) is 38.1 Å². The van der Waals surface area contributed by atoms with Crippen LogP contribution in [0.1, 0.15) is 33.1 Å². The van der Waals surface area contributed by atoms with Crippen molar-refractivity contribution in [1.29, 1.82) is 0 Å². The molecule has 0 unspecified atom stereocenters. The predicted octanol–water partition coefficient (Wildman–Crippen LogP) is 3.37. The van der Waals surface area contributed by atoms with Gasteiger partial charge in [0.2, 0.25) is 5.79 Å². The van der Waals surface area contributed by atoms with Crippen molar-refractivity contribution in [3.05, 3.63) is 29.3 Å². The molecule has 0 aliphatic heterocycles. The fourth-order valence-electron chi connectivity index (χ4n) is 1.49. The summed E-state index contributed by atoms with van der Waals surface area (Å²) in [5.74, 6) is -0.949. The minimum atomic E-state index is -1.08. The van der Waals surface area contributed by atoms with Gasteiger partial charge in [-0.05, 0) is 24.6 Å². The third-order valence-corrected chi connectivity index (χ3v) is 2.46. The Balaban J connectivity index is 2.51. The molecule has 19 heavy (non-hydrogen) atoms. The van der Waals surface area contributed by atoms with Gasteiger partial charge in [-0.15, -0.1) is 0 Å². The minimum Gasteiger partial charge on any atom is -0.453 e. The third kappa shape index (κ3) is 6.25. The Morgan fingerprint density at radius 2 is 2.16 bits per heavy atom. The molecular weight excluding hydrogens is 268 g/mol. The lowest BCUT2D eigenvalue weighted by Crippen LogP contribution is -2.34. The van der Waals surface area contributed by atoms with Crippen LogP contribution in [0, 0.1) is 0 Å². The second kappa shape index (κ2) is 7.14. The second-order valence-electron chi connectivity index (χ2n) is 4.49. The maximum Gasteiger partial charge on any atom is 0.309 e. The number of rotatable bonds is 7. The molecular formula is C14H17ClO4. The molecule has 0 spiro atoms. The van der Waals surface area contributed by atoms with Crippen molar-refractivity contribution in [2.75, 3.05) is 0 Å². The van der Waals surface area contributed by atoms with E-state index in [2.05, 4.69) is 0 Å². The fourth-order valence-corrected chi connectivity index (χ4v) is 1.67. The first-order valence-electron chi connectivity index (χ1n) is 6.03. The summed E-state index contributed by atoms with van der Waals surface area (Å²) in [6, 6.07) is 6.85. The van der Waals surface area contributed by atoms with E-state index in [9.17, 15) is 9.59 Å². The summed E-state index contributed by atoms with van der Waals surface area (Å²) < 4.78 is 10.8. The molecule has 5 heteroatoms. The topological polar surface area (TPSA) is 52.6 Å². The van der Waals surface area contributed by atoms with E-state index in [4.69, 9.17) is 21.1 Å². The molecule has 0 N–H and O–H groups in total. The normalized spacial score (nSPS) is 10.9. The second-order valence-corrected chi connectivity index (χ2v) is 4.93. The number of aldehydes is 1. The summed E-state index contributed by atoms with van der Waals surface area (Å²) in [6.07, 6.45) is 1.81. The number of benzene rings is 1. The molecule has 0 saturated carbocycles. The van der Waals surface area contributed by atoms with Gasteiger partial charge in [0.1, 0.15) is 12.0 Å². The summed E-state index contributed by atoms with van der Waals surface area (Å²) in [5, 5.41) is 0.547. The summed E-state index contributed by atoms with van der Waals surface area (Å²) in [5.41, 5.74) is 0. The van der Waals surface area contributed by atoms with Crippen molar-refractivity contribution in [3.8, 4) is 5.75 Å². The van der Waals surface area contributed by atoms with Crippen molar-refractivity contribution >= 4 is 23.9 Å². The lowest BCUT2D eigenvalue weighted by Gasteiger charge is -2.26. The van der Waals surface area contributed by atoms with Gasteiger partial charge in [0.25, 0.3) is 0 Å². The molecule has 0 aliphatic rings.